The molecule has 1 aliphatic carbocycles. The topological polar surface area (TPSA) is 88.4 Å². The van der Waals surface area contributed by atoms with Crippen molar-refractivity contribution in [3.8, 4) is 5.69 Å². The molecule has 0 spiro atoms. The van der Waals surface area contributed by atoms with Gasteiger partial charge in [0.1, 0.15) is 16.5 Å². The van der Waals surface area contributed by atoms with E-state index >= 15 is 0 Å². The highest BCUT2D eigenvalue weighted by Crippen LogP contribution is 2.43. The first kappa shape index (κ1) is 30.0. The van der Waals surface area contributed by atoms with Gasteiger partial charge < -0.3 is 10.6 Å². The van der Waals surface area contributed by atoms with E-state index in [2.05, 4.69) is 29.4 Å². The van der Waals surface area contributed by atoms with Crippen LogP contribution in [0, 0.1) is 12.7 Å². The summed E-state index contributed by atoms with van der Waals surface area (Å²) in [5, 5.41) is 6.47. The Morgan fingerprint density at radius 3 is 2.48 bits per heavy atom. The normalized spacial score (nSPS) is 17.8. The third-order valence-corrected chi connectivity index (χ3v) is 10.6. The van der Waals surface area contributed by atoms with E-state index in [1.54, 1.807) is 24.7 Å². The monoisotopic (exact) mass is 615 g/mol. The summed E-state index contributed by atoms with van der Waals surface area (Å²) in [4.78, 5) is 44.1. The molecule has 6 rings (SSSR count). The molecule has 10 heteroatoms. The lowest BCUT2D eigenvalue weighted by Crippen LogP contribution is -2.45. The van der Waals surface area contributed by atoms with E-state index < -0.39 is 11.4 Å². The van der Waals surface area contributed by atoms with Gasteiger partial charge in [-0.1, -0.05) is 36.4 Å². The van der Waals surface area contributed by atoms with E-state index in [0.717, 1.165) is 42.5 Å². The summed E-state index contributed by atoms with van der Waals surface area (Å²) >= 11 is 1.45. The van der Waals surface area contributed by atoms with Gasteiger partial charge >= 0.3 is 0 Å². The number of benzene rings is 2. The van der Waals surface area contributed by atoms with Crippen LogP contribution >= 0.6 is 11.3 Å². The number of aryl methyl sites for hydroxylation is 1. The van der Waals surface area contributed by atoms with Crippen molar-refractivity contribution in [1.29, 1.82) is 0 Å². The van der Waals surface area contributed by atoms with Gasteiger partial charge in [-0.3, -0.25) is 24.0 Å². The Morgan fingerprint density at radius 2 is 1.73 bits per heavy atom. The van der Waals surface area contributed by atoms with Gasteiger partial charge in [-0.05, 0) is 88.7 Å². The number of aromatic nitrogens is 2. The molecule has 2 aromatic heterocycles. The molecule has 1 saturated heterocycles. The Hall–Kier alpha value is -4.02. The van der Waals surface area contributed by atoms with Crippen LogP contribution in [0.25, 0.3) is 5.69 Å². The van der Waals surface area contributed by atoms with E-state index in [1.807, 2.05) is 42.5 Å². The van der Waals surface area contributed by atoms with Gasteiger partial charge in [0.15, 0.2) is 0 Å². The number of amides is 2. The minimum atomic E-state index is -0.433. The maximum absolute atomic E-state index is 14.7. The number of halogens is 1. The molecular formula is C34H38FN5O3S. The number of nitrogens with zero attached hydrogens (tertiary/aromatic N) is 3. The van der Waals surface area contributed by atoms with Gasteiger partial charge in [-0.2, -0.15) is 0 Å². The minimum absolute atomic E-state index is 0.0408. The zero-order valence-corrected chi connectivity index (χ0v) is 26.4. The molecule has 44 heavy (non-hydrogen) atoms. The summed E-state index contributed by atoms with van der Waals surface area (Å²) in [6.07, 6.45) is 4.34. The maximum atomic E-state index is 14.7. The molecule has 3 heterocycles. The van der Waals surface area contributed by atoms with Crippen LogP contribution in [0.3, 0.4) is 0 Å². The fraction of sp³-hybridized carbons (Fsp3) is 0.382. The summed E-state index contributed by atoms with van der Waals surface area (Å²) in [5.41, 5.74) is 2.86. The maximum Gasteiger partial charge on any atom is 0.295 e. The number of hydrogen-bond acceptors (Lipinski definition) is 5. The Balaban J connectivity index is 1.25. The zero-order valence-electron chi connectivity index (χ0n) is 25.6. The molecule has 2 aromatic carbocycles. The highest BCUT2D eigenvalue weighted by molar-refractivity contribution is 7.17. The number of carbonyl (C=O) groups is 2. The molecule has 2 aliphatic rings. The number of thiophene rings is 1. The zero-order chi connectivity index (χ0) is 31.2. The number of hydrogen-bond donors (Lipinski definition) is 2. The van der Waals surface area contributed by atoms with Crippen molar-refractivity contribution < 1.29 is 14.0 Å². The highest BCUT2D eigenvalue weighted by Gasteiger charge is 2.43. The lowest BCUT2D eigenvalue weighted by atomic mass is 9.82. The summed E-state index contributed by atoms with van der Waals surface area (Å²) in [5.74, 6) is -0.879. The second kappa shape index (κ2) is 11.8. The van der Waals surface area contributed by atoms with E-state index in [1.165, 1.54) is 22.1 Å². The minimum Gasteiger partial charge on any atom is -0.316 e. The van der Waals surface area contributed by atoms with Gasteiger partial charge in [0.2, 0.25) is 5.91 Å². The largest absolute Gasteiger partial charge is 0.316 e. The van der Waals surface area contributed by atoms with Crippen molar-refractivity contribution in [3.05, 3.63) is 98.0 Å². The van der Waals surface area contributed by atoms with E-state index in [-0.39, 0.29) is 35.4 Å². The van der Waals surface area contributed by atoms with Crippen molar-refractivity contribution in [3.63, 3.8) is 0 Å². The van der Waals surface area contributed by atoms with E-state index in [4.69, 9.17) is 0 Å². The Labute approximate surface area is 260 Å². The van der Waals surface area contributed by atoms with Gasteiger partial charge in [0.05, 0.1) is 23.5 Å². The summed E-state index contributed by atoms with van der Waals surface area (Å²) in [7, 11) is 1.79. The first-order chi connectivity index (χ1) is 21.1. The number of anilines is 2. The van der Waals surface area contributed by atoms with Crippen molar-refractivity contribution in [2.24, 2.45) is 7.05 Å². The number of nitrogens with one attached hydrogen (secondary N) is 2. The quantitative estimate of drug-likeness (QED) is 0.266. The molecule has 0 saturated carbocycles. The number of likely N-dealkylation sites (tertiary alicyclic amines) is 1. The predicted molar refractivity (Wildman–Crippen MR) is 173 cm³/mol. The molecule has 0 radical (unpaired) electrons. The van der Waals surface area contributed by atoms with Crippen LogP contribution in [-0.2, 0) is 24.7 Å². The summed E-state index contributed by atoms with van der Waals surface area (Å²) in [6.45, 7) is 6.69. The predicted octanol–water partition coefficient (Wildman–Crippen LogP) is 6.02. The highest BCUT2D eigenvalue weighted by atomic mass is 32.1. The van der Waals surface area contributed by atoms with Gasteiger partial charge in [0, 0.05) is 23.4 Å². The van der Waals surface area contributed by atoms with Crippen LogP contribution in [0.2, 0.25) is 0 Å². The average Bonchev–Trinajstić information content (AvgIpc) is 3.58. The molecule has 4 aromatic rings. The number of rotatable bonds is 7. The molecule has 2 N–H and O–H groups in total. The molecule has 1 unspecified atom stereocenters. The lowest BCUT2D eigenvalue weighted by molar-refractivity contribution is -0.118. The first-order valence-electron chi connectivity index (χ1n) is 15.2. The van der Waals surface area contributed by atoms with E-state index in [0.29, 0.717) is 34.1 Å². The molecular weight excluding hydrogens is 577 g/mol. The van der Waals surface area contributed by atoms with Crippen LogP contribution in [0.5, 0.6) is 0 Å². The SMILES string of the molecule is Cc1c(NC(=O)c2c(NC(=O)CN3CCC(c4ccccc4F)C3(C)C)sc3c2CCCC3)c(=O)n(-c2ccccc2)n1C. The van der Waals surface area contributed by atoms with Crippen LogP contribution in [0.1, 0.15) is 71.1 Å². The molecule has 230 valence electrons. The van der Waals surface area contributed by atoms with Crippen LogP contribution in [0.15, 0.2) is 59.4 Å². The van der Waals surface area contributed by atoms with Crippen molar-refractivity contribution >= 4 is 33.8 Å². The molecule has 1 atom stereocenters. The number of carbonyl (C=O) groups excluding carboxylic acids is 2. The van der Waals surface area contributed by atoms with Crippen molar-refractivity contribution in [2.45, 2.75) is 64.3 Å². The smallest absolute Gasteiger partial charge is 0.295 e. The molecule has 2 amide bonds. The van der Waals surface area contributed by atoms with Crippen molar-refractivity contribution in [1.82, 2.24) is 14.3 Å². The standard InChI is InChI=1S/C34H38FN5O3S/c1-21-30(33(43)40(38(21)4)22-12-6-5-7-13-22)37-31(42)29-24-15-9-11-17-27(24)44-32(29)36-28(41)20-39-19-18-25(34(39,2)3)23-14-8-10-16-26(23)35/h5-8,10,12-14,16,25H,9,11,15,17-20H2,1-4H3,(H,36,41)(H,37,42). The second-order valence-electron chi connectivity index (χ2n) is 12.3. The van der Waals surface area contributed by atoms with Crippen LogP contribution < -0.4 is 16.2 Å². The second-order valence-corrected chi connectivity index (χ2v) is 13.4. The Kier molecular flexibility index (Phi) is 8.06. The van der Waals surface area contributed by atoms with Crippen molar-refractivity contribution in [2.75, 3.05) is 23.7 Å². The van der Waals surface area contributed by atoms with Gasteiger partial charge in [-0.25, -0.2) is 9.07 Å². The third kappa shape index (κ3) is 5.30. The fourth-order valence-electron chi connectivity index (χ4n) is 6.85. The fourth-order valence-corrected chi connectivity index (χ4v) is 8.15. The van der Waals surface area contributed by atoms with Gasteiger partial charge in [0.25, 0.3) is 11.5 Å². The number of fused-ring (bicyclic) bond motifs is 1. The Morgan fingerprint density at radius 1 is 1.02 bits per heavy atom. The first-order valence-corrected chi connectivity index (χ1v) is 16.0. The van der Waals surface area contributed by atoms with Crippen LogP contribution in [-0.4, -0.2) is 44.7 Å². The van der Waals surface area contributed by atoms with Gasteiger partial charge in [-0.15, -0.1) is 11.3 Å². The molecule has 0 bridgehead atoms. The molecule has 1 fully saturated rings. The summed E-state index contributed by atoms with van der Waals surface area (Å²) < 4.78 is 17.9. The Bertz CT molecular complexity index is 1790. The van der Waals surface area contributed by atoms with Crippen LogP contribution in [0.4, 0.5) is 15.1 Å². The molecule has 8 nitrogen and oxygen atoms in total. The third-order valence-electron chi connectivity index (χ3n) is 9.41. The van der Waals surface area contributed by atoms with E-state index in [9.17, 15) is 18.8 Å². The molecule has 1 aliphatic heterocycles. The summed E-state index contributed by atoms with van der Waals surface area (Å²) in [6, 6.07) is 16.1. The lowest BCUT2D eigenvalue weighted by Gasteiger charge is -2.36. The number of para-hydroxylation sites is 1. The average molecular weight is 616 g/mol.